The van der Waals surface area contributed by atoms with Crippen molar-refractivity contribution in [2.24, 2.45) is 11.5 Å². The maximum absolute atomic E-state index is 9.67. The van der Waals surface area contributed by atoms with Crippen molar-refractivity contribution < 1.29 is 10.2 Å². The van der Waals surface area contributed by atoms with E-state index in [1.807, 2.05) is 0 Å². The van der Waals surface area contributed by atoms with Crippen LogP contribution in [-0.2, 0) is 0 Å². The molecule has 0 aromatic heterocycles. The molecule has 0 aliphatic heterocycles. The van der Waals surface area contributed by atoms with Crippen LogP contribution in [0.25, 0.3) is 0 Å². The average Bonchev–Trinajstić information content (AvgIpc) is 1.99. The SMILES string of the molecule is CC1=C(N)C(C)(O)C(O)C=C1N. The van der Waals surface area contributed by atoms with Gasteiger partial charge in [-0.2, -0.15) is 0 Å². The van der Waals surface area contributed by atoms with E-state index in [0.29, 0.717) is 11.3 Å². The second-order valence-electron chi connectivity index (χ2n) is 3.25. The van der Waals surface area contributed by atoms with Crippen LogP contribution < -0.4 is 11.5 Å². The van der Waals surface area contributed by atoms with E-state index in [1.165, 1.54) is 13.0 Å². The van der Waals surface area contributed by atoms with Crippen LogP contribution in [0.2, 0.25) is 0 Å². The zero-order chi connectivity index (χ0) is 9.52. The van der Waals surface area contributed by atoms with Crippen molar-refractivity contribution >= 4 is 0 Å². The van der Waals surface area contributed by atoms with Crippen molar-refractivity contribution in [2.75, 3.05) is 0 Å². The van der Waals surface area contributed by atoms with Gasteiger partial charge in [0.15, 0.2) is 0 Å². The molecular formula is C8H14N2O2. The van der Waals surface area contributed by atoms with Crippen molar-refractivity contribution in [3.63, 3.8) is 0 Å². The summed E-state index contributed by atoms with van der Waals surface area (Å²) in [5, 5.41) is 19.0. The van der Waals surface area contributed by atoms with Gasteiger partial charge in [0.2, 0.25) is 0 Å². The van der Waals surface area contributed by atoms with E-state index >= 15 is 0 Å². The Labute approximate surface area is 71.2 Å². The zero-order valence-corrected chi connectivity index (χ0v) is 7.20. The number of hydrogen-bond donors (Lipinski definition) is 4. The Bertz CT molecular complexity index is 266. The minimum Gasteiger partial charge on any atom is -0.399 e. The largest absolute Gasteiger partial charge is 0.399 e. The molecule has 0 saturated carbocycles. The molecule has 0 spiro atoms. The van der Waals surface area contributed by atoms with Crippen molar-refractivity contribution in [3.8, 4) is 0 Å². The lowest BCUT2D eigenvalue weighted by Crippen LogP contribution is -2.46. The number of nitrogens with two attached hydrogens (primary N) is 2. The summed E-state index contributed by atoms with van der Waals surface area (Å²) >= 11 is 0. The molecule has 1 aliphatic carbocycles. The highest BCUT2D eigenvalue weighted by atomic mass is 16.3. The molecule has 0 heterocycles. The predicted molar refractivity (Wildman–Crippen MR) is 45.8 cm³/mol. The van der Waals surface area contributed by atoms with Gasteiger partial charge in [0.25, 0.3) is 0 Å². The maximum atomic E-state index is 9.67. The number of allylic oxidation sites excluding steroid dienone is 1. The monoisotopic (exact) mass is 170 g/mol. The molecule has 0 fully saturated rings. The highest BCUT2D eigenvalue weighted by molar-refractivity contribution is 5.40. The van der Waals surface area contributed by atoms with Crippen LogP contribution in [0.1, 0.15) is 13.8 Å². The Morgan fingerprint density at radius 3 is 2.50 bits per heavy atom. The van der Waals surface area contributed by atoms with Crippen molar-refractivity contribution in [1.82, 2.24) is 0 Å². The summed E-state index contributed by atoms with van der Waals surface area (Å²) in [7, 11) is 0. The lowest BCUT2D eigenvalue weighted by Gasteiger charge is -2.33. The topological polar surface area (TPSA) is 92.5 Å². The molecular weight excluding hydrogens is 156 g/mol. The molecule has 0 bridgehead atoms. The second kappa shape index (κ2) is 2.50. The van der Waals surface area contributed by atoms with Crippen LogP contribution in [0.5, 0.6) is 0 Å². The molecule has 6 N–H and O–H groups in total. The molecule has 68 valence electrons. The van der Waals surface area contributed by atoms with Crippen LogP contribution in [0, 0.1) is 0 Å². The van der Waals surface area contributed by atoms with Gasteiger partial charge >= 0.3 is 0 Å². The molecule has 0 radical (unpaired) electrons. The minimum absolute atomic E-state index is 0.231. The highest BCUT2D eigenvalue weighted by Crippen LogP contribution is 2.27. The Morgan fingerprint density at radius 1 is 1.50 bits per heavy atom. The smallest absolute Gasteiger partial charge is 0.131 e. The standard InChI is InChI=1S/C8H14N2O2/c1-4-5(9)3-6(11)8(2,12)7(4)10/h3,6,11-12H,9-10H2,1-2H3. The first-order valence-corrected chi connectivity index (χ1v) is 3.72. The highest BCUT2D eigenvalue weighted by Gasteiger charge is 2.36. The molecule has 4 heteroatoms. The number of aliphatic hydroxyl groups excluding tert-OH is 1. The molecule has 0 saturated heterocycles. The lowest BCUT2D eigenvalue weighted by atomic mass is 9.86. The van der Waals surface area contributed by atoms with Gasteiger partial charge in [-0.05, 0) is 25.5 Å². The van der Waals surface area contributed by atoms with E-state index < -0.39 is 11.7 Å². The first kappa shape index (κ1) is 9.09. The van der Waals surface area contributed by atoms with Crippen LogP contribution in [0.3, 0.4) is 0 Å². The van der Waals surface area contributed by atoms with E-state index in [4.69, 9.17) is 11.5 Å². The van der Waals surface area contributed by atoms with Crippen molar-refractivity contribution in [2.45, 2.75) is 25.6 Å². The molecule has 0 amide bonds. The molecule has 1 aliphatic rings. The summed E-state index contributed by atoms with van der Waals surface area (Å²) in [4.78, 5) is 0. The van der Waals surface area contributed by atoms with Crippen LogP contribution in [0.15, 0.2) is 23.0 Å². The Balaban J connectivity index is 3.18. The Kier molecular flexibility index (Phi) is 1.89. The van der Waals surface area contributed by atoms with Crippen LogP contribution >= 0.6 is 0 Å². The van der Waals surface area contributed by atoms with Gasteiger partial charge in [-0.25, -0.2) is 0 Å². The van der Waals surface area contributed by atoms with Crippen LogP contribution in [-0.4, -0.2) is 21.9 Å². The fourth-order valence-electron chi connectivity index (χ4n) is 1.15. The number of hydrogen-bond acceptors (Lipinski definition) is 4. The summed E-state index contributed by atoms with van der Waals surface area (Å²) in [5.74, 6) is 0. The van der Waals surface area contributed by atoms with E-state index in [1.54, 1.807) is 6.92 Å². The summed E-state index contributed by atoms with van der Waals surface area (Å²) in [6.07, 6.45) is 0.368. The van der Waals surface area contributed by atoms with Gasteiger partial charge in [-0.3, -0.25) is 0 Å². The van der Waals surface area contributed by atoms with E-state index in [9.17, 15) is 10.2 Å². The van der Waals surface area contributed by atoms with Crippen LogP contribution in [0.4, 0.5) is 0 Å². The summed E-state index contributed by atoms with van der Waals surface area (Å²) < 4.78 is 0. The fraction of sp³-hybridized carbons (Fsp3) is 0.500. The third-order valence-electron chi connectivity index (χ3n) is 2.30. The second-order valence-corrected chi connectivity index (χ2v) is 3.25. The van der Waals surface area contributed by atoms with Gasteiger partial charge in [0, 0.05) is 11.4 Å². The lowest BCUT2D eigenvalue weighted by molar-refractivity contribution is -0.0127. The molecule has 0 aromatic rings. The normalized spacial score (nSPS) is 36.7. The first-order chi connectivity index (χ1) is 5.37. The first-order valence-electron chi connectivity index (χ1n) is 3.72. The van der Waals surface area contributed by atoms with Gasteiger partial charge in [0.1, 0.15) is 11.7 Å². The maximum Gasteiger partial charge on any atom is 0.131 e. The van der Waals surface area contributed by atoms with Gasteiger partial charge < -0.3 is 21.7 Å². The fourth-order valence-corrected chi connectivity index (χ4v) is 1.15. The van der Waals surface area contributed by atoms with Gasteiger partial charge in [-0.15, -0.1) is 0 Å². The van der Waals surface area contributed by atoms with Gasteiger partial charge in [-0.1, -0.05) is 0 Å². The zero-order valence-electron chi connectivity index (χ0n) is 7.20. The third kappa shape index (κ3) is 1.09. The molecule has 0 aromatic carbocycles. The quantitative estimate of drug-likeness (QED) is 0.382. The third-order valence-corrected chi connectivity index (χ3v) is 2.30. The molecule has 2 atom stereocenters. The molecule has 1 rings (SSSR count). The number of aliphatic hydroxyl groups is 2. The summed E-state index contributed by atoms with van der Waals surface area (Å²) in [5.41, 5.74) is 11.0. The summed E-state index contributed by atoms with van der Waals surface area (Å²) in [6.45, 7) is 3.17. The van der Waals surface area contributed by atoms with Gasteiger partial charge in [0.05, 0.1) is 0 Å². The predicted octanol–water partition coefficient (Wildman–Crippen LogP) is -0.813. The Hall–Kier alpha value is -1.00. The molecule has 12 heavy (non-hydrogen) atoms. The molecule has 2 unspecified atom stereocenters. The molecule has 4 nitrogen and oxygen atoms in total. The van der Waals surface area contributed by atoms with E-state index in [-0.39, 0.29) is 5.70 Å². The van der Waals surface area contributed by atoms with Crippen molar-refractivity contribution in [1.29, 1.82) is 0 Å². The van der Waals surface area contributed by atoms with E-state index in [2.05, 4.69) is 0 Å². The minimum atomic E-state index is -1.40. The van der Waals surface area contributed by atoms with Crippen molar-refractivity contribution in [3.05, 3.63) is 23.0 Å². The summed E-state index contributed by atoms with van der Waals surface area (Å²) in [6, 6.07) is 0. The Morgan fingerprint density at radius 2 is 2.00 bits per heavy atom. The number of rotatable bonds is 0. The van der Waals surface area contributed by atoms with E-state index in [0.717, 1.165) is 0 Å². The average molecular weight is 170 g/mol.